The third-order valence-corrected chi connectivity index (χ3v) is 4.83. The lowest BCUT2D eigenvalue weighted by Crippen LogP contribution is -2.40. The normalized spacial score (nSPS) is 11.7. The Morgan fingerprint density at radius 3 is 2.46 bits per heavy atom. The maximum absolute atomic E-state index is 12.3. The Morgan fingerprint density at radius 2 is 1.77 bits per heavy atom. The Labute approximate surface area is 151 Å². The Bertz CT molecular complexity index is 928. The van der Waals surface area contributed by atoms with Gasteiger partial charge >= 0.3 is 5.91 Å². The first-order chi connectivity index (χ1) is 12.4. The van der Waals surface area contributed by atoms with E-state index in [0.717, 1.165) is 0 Å². The molecule has 0 bridgehead atoms. The summed E-state index contributed by atoms with van der Waals surface area (Å²) in [6, 6.07) is 10.7. The van der Waals surface area contributed by atoms with Crippen LogP contribution < -0.4 is 10.9 Å². The summed E-state index contributed by atoms with van der Waals surface area (Å²) in [5.74, 6) is -1.57. The summed E-state index contributed by atoms with van der Waals surface area (Å²) >= 11 is 0. The van der Waals surface area contributed by atoms with Crippen molar-refractivity contribution in [3.63, 3.8) is 0 Å². The van der Waals surface area contributed by atoms with E-state index in [1.165, 1.54) is 36.4 Å². The number of nitrogens with one attached hydrogen (secondary N) is 2. The first kappa shape index (κ1) is 19.2. The molecule has 2 N–H and O–H groups in total. The van der Waals surface area contributed by atoms with E-state index < -0.39 is 21.7 Å². The molecular formula is C18H18N2O5S. The number of benzene rings is 1. The molecule has 2 amide bonds. The minimum absolute atomic E-state index is 0.110. The molecule has 0 saturated heterocycles. The molecule has 8 heteroatoms. The van der Waals surface area contributed by atoms with Gasteiger partial charge in [0.2, 0.25) is 0 Å². The zero-order valence-electron chi connectivity index (χ0n) is 14.0. The SMILES string of the molecule is C/C=C/C=C/C(=O)NNC(=O)c1ccc(CS(=O)(=O)c2ccccc2)o1. The van der Waals surface area contributed by atoms with Crippen molar-refractivity contribution in [2.45, 2.75) is 17.6 Å². The fourth-order valence-corrected chi connectivity index (χ4v) is 3.22. The van der Waals surface area contributed by atoms with Gasteiger partial charge < -0.3 is 4.42 Å². The molecule has 0 spiro atoms. The molecule has 0 aliphatic heterocycles. The number of hydrogen-bond donors (Lipinski definition) is 2. The summed E-state index contributed by atoms with van der Waals surface area (Å²) < 4.78 is 29.8. The molecule has 0 unspecified atom stereocenters. The van der Waals surface area contributed by atoms with Gasteiger partial charge in [0.25, 0.3) is 5.91 Å². The molecule has 7 nitrogen and oxygen atoms in total. The summed E-state index contributed by atoms with van der Waals surface area (Å²) in [7, 11) is -3.58. The predicted octanol–water partition coefficient (Wildman–Crippen LogP) is 2.15. The molecule has 26 heavy (non-hydrogen) atoms. The average Bonchev–Trinajstić information content (AvgIpc) is 3.08. The summed E-state index contributed by atoms with van der Waals surface area (Å²) in [6.07, 6.45) is 6.16. The van der Waals surface area contributed by atoms with Crippen molar-refractivity contribution in [1.82, 2.24) is 10.9 Å². The van der Waals surface area contributed by atoms with E-state index in [2.05, 4.69) is 10.9 Å². The lowest BCUT2D eigenvalue weighted by Gasteiger charge is -2.03. The molecule has 136 valence electrons. The van der Waals surface area contributed by atoms with E-state index in [1.54, 1.807) is 37.3 Å². The minimum Gasteiger partial charge on any atom is -0.455 e. The second-order valence-corrected chi connectivity index (χ2v) is 7.16. The number of allylic oxidation sites excluding steroid dienone is 3. The third kappa shape index (κ3) is 5.45. The maximum Gasteiger partial charge on any atom is 0.305 e. The van der Waals surface area contributed by atoms with Crippen LogP contribution in [-0.2, 0) is 20.4 Å². The minimum atomic E-state index is -3.58. The van der Waals surface area contributed by atoms with Crippen molar-refractivity contribution < 1.29 is 22.4 Å². The van der Waals surface area contributed by atoms with E-state index in [-0.39, 0.29) is 22.2 Å². The fraction of sp³-hybridized carbons (Fsp3) is 0.111. The number of hydrazine groups is 1. The second kappa shape index (κ2) is 8.82. The van der Waals surface area contributed by atoms with Crippen molar-refractivity contribution in [2.24, 2.45) is 0 Å². The number of furan rings is 1. The highest BCUT2D eigenvalue weighted by molar-refractivity contribution is 7.90. The standard InChI is InChI=1S/C18H18N2O5S/c1-2-3-5-10-17(21)19-20-18(22)16-12-11-14(25-16)13-26(23,24)15-8-6-4-7-9-15/h2-12H,13H2,1H3,(H,19,21)(H,20,22)/b3-2+,10-5+. The molecule has 2 aromatic rings. The summed E-state index contributed by atoms with van der Waals surface area (Å²) in [6.45, 7) is 1.80. The first-order valence-electron chi connectivity index (χ1n) is 7.68. The van der Waals surface area contributed by atoms with Crippen LogP contribution in [0, 0.1) is 0 Å². The topological polar surface area (TPSA) is 105 Å². The maximum atomic E-state index is 12.3. The van der Waals surface area contributed by atoms with Crippen LogP contribution in [0.25, 0.3) is 0 Å². The Morgan fingerprint density at radius 1 is 1.04 bits per heavy atom. The van der Waals surface area contributed by atoms with Crippen molar-refractivity contribution in [2.75, 3.05) is 0 Å². The van der Waals surface area contributed by atoms with Crippen LogP contribution in [0.4, 0.5) is 0 Å². The van der Waals surface area contributed by atoms with Gasteiger partial charge in [-0.3, -0.25) is 20.4 Å². The highest BCUT2D eigenvalue weighted by Crippen LogP contribution is 2.17. The molecule has 2 rings (SSSR count). The molecule has 0 atom stereocenters. The van der Waals surface area contributed by atoms with Gasteiger partial charge in [-0.15, -0.1) is 0 Å². The van der Waals surface area contributed by atoms with E-state index >= 15 is 0 Å². The van der Waals surface area contributed by atoms with Crippen molar-refractivity contribution in [3.05, 3.63) is 78.3 Å². The summed E-state index contributed by atoms with van der Waals surface area (Å²) in [5.41, 5.74) is 4.36. The van der Waals surface area contributed by atoms with Crippen molar-refractivity contribution >= 4 is 21.7 Å². The molecule has 1 heterocycles. The lowest BCUT2D eigenvalue weighted by atomic mass is 10.4. The number of amides is 2. The highest BCUT2D eigenvalue weighted by Gasteiger charge is 2.19. The summed E-state index contributed by atoms with van der Waals surface area (Å²) in [4.78, 5) is 23.5. The van der Waals surface area contributed by atoms with Gasteiger partial charge in [0.15, 0.2) is 15.6 Å². The fourth-order valence-electron chi connectivity index (χ4n) is 1.95. The van der Waals surface area contributed by atoms with Gasteiger partial charge in [-0.1, -0.05) is 36.4 Å². The first-order valence-corrected chi connectivity index (χ1v) is 9.34. The highest BCUT2D eigenvalue weighted by atomic mass is 32.2. The molecule has 0 fully saturated rings. The largest absolute Gasteiger partial charge is 0.455 e. The van der Waals surface area contributed by atoms with E-state index in [4.69, 9.17) is 4.42 Å². The quantitative estimate of drug-likeness (QED) is 0.458. The summed E-state index contributed by atoms with van der Waals surface area (Å²) in [5, 5.41) is 0. The number of sulfone groups is 1. The molecular weight excluding hydrogens is 356 g/mol. The molecule has 1 aromatic heterocycles. The van der Waals surface area contributed by atoms with Crippen LogP contribution >= 0.6 is 0 Å². The predicted molar refractivity (Wildman–Crippen MR) is 95.6 cm³/mol. The zero-order valence-corrected chi connectivity index (χ0v) is 14.8. The number of carbonyl (C=O) groups excluding carboxylic acids is 2. The van der Waals surface area contributed by atoms with Crippen LogP contribution in [-0.4, -0.2) is 20.2 Å². The van der Waals surface area contributed by atoms with Crippen LogP contribution in [0.5, 0.6) is 0 Å². The smallest absolute Gasteiger partial charge is 0.305 e. The van der Waals surface area contributed by atoms with Crippen LogP contribution in [0.3, 0.4) is 0 Å². The van der Waals surface area contributed by atoms with Gasteiger partial charge in [0.1, 0.15) is 11.5 Å². The van der Waals surface area contributed by atoms with Gasteiger partial charge in [-0.2, -0.15) is 0 Å². The third-order valence-electron chi connectivity index (χ3n) is 3.17. The van der Waals surface area contributed by atoms with Gasteiger partial charge in [-0.25, -0.2) is 8.42 Å². The monoisotopic (exact) mass is 374 g/mol. The Kier molecular flexibility index (Phi) is 6.51. The number of rotatable bonds is 6. The van der Waals surface area contributed by atoms with Gasteiger partial charge in [-0.05, 0) is 31.2 Å². The van der Waals surface area contributed by atoms with Gasteiger partial charge in [0, 0.05) is 6.08 Å². The number of carbonyl (C=O) groups is 2. The average molecular weight is 374 g/mol. The van der Waals surface area contributed by atoms with Gasteiger partial charge in [0.05, 0.1) is 4.90 Å². The van der Waals surface area contributed by atoms with Crippen LogP contribution in [0.2, 0.25) is 0 Å². The molecule has 0 aliphatic carbocycles. The zero-order chi connectivity index (χ0) is 19.0. The van der Waals surface area contributed by atoms with Crippen LogP contribution in [0.15, 0.2) is 76.1 Å². The van der Waals surface area contributed by atoms with E-state index in [9.17, 15) is 18.0 Å². The lowest BCUT2D eigenvalue weighted by molar-refractivity contribution is -0.117. The Hall–Kier alpha value is -3.13. The molecule has 0 saturated carbocycles. The molecule has 1 aromatic carbocycles. The van der Waals surface area contributed by atoms with Crippen LogP contribution in [0.1, 0.15) is 23.2 Å². The molecule has 0 radical (unpaired) electrons. The molecule has 0 aliphatic rings. The van der Waals surface area contributed by atoms with Crippen molar-refractivity contribution in [3.8, 4) is 0 Å². The van der Waals surface area contributed by atoms with E-state index in [0.29, 0.717) is 0 Å². The second-order valence-electron chi connectivity index (χ2n) is 5.17. The Balaban J connectivity index is 1.97. The van der Waals surface area contributed by atoms with E-state index in [1.807, 2.05) is 0 Å². The van der Waals surface area contributed by atoms with Crippen molar-refractivity contribution in [1.29, 1.82) is 0 Å². The number of hydrogen-bond acceptors (Lipinski definition) is 5.